The molecule has 0 aliphatic carbocycles. The van der Waals surface area contributed by atoms with Crippen molar-refractivity contribution in [3.8, 4) is 0 Å². The molecule has 0 amide bonds. The molecule has 21 heavy (non-hydrogen) atoms. The largest absolute Gasteiger partial charge is 0.416 e. The van der Waals surface area contributed by atoms with Crippen LogP contribution in [-0.4, -0.2) is 14.8 Å². The first-order valence-electron chi connectivity index (χ1n) is 6.60. The summed E-state index contributed by atoms with van der Waals surface area (Å²) in [5.41, 5.74) is 6.02. The molecule has 0 bridgehead atoms. The topological polar surface area (TPSA) is 56.7 Å². The fraction of sp³-hybridized carbons (Fsp3) is 0.429. The Bertz CT molecular complexity index is 587. The maximum absolute atomic E-state index is 12.5. The number of hydrogen-bond donors (Lipinski definition) is 1. The van der Waals surface area contributed by atoms with Crippen molar-refractivity contribution in [2.24, 2.45) is 5.73 Å². The van der Waals surface area contributed by atoms with Gasteiger partial charge < -0.3 is 5.73 Å². The van der Waals surface area contributed by atoms with Crippen LogP contribution in [0.5, 0.6) is 0 Å². The molecule has 0 saturated heterocycles. The quantitative estimate of drug-likeness (QED) is 0.943. The standard InChI is InChI=1S/C14H17F3N4/c1-9(2)21-13(19-8-20-21)7-12(18)10-3-5-11(6-4-10)14(15,16)17/h3-6,8-9,12H,7,18H2,1-2H3. The molecule has 1 heterocycles. The van der Waals surface area contributed by atoms with E-state index in [0.717, 1.165) is 18.0 Å². The molecule has 2 aromatic rings. The molecule has 0 aliphatic rings. The lowest BCUT2D eigenvalue weighted by Crippen LogP contribution is -2.18. The number of nitrogens with zero attached hydrogens (tertiary/aromatic N) is 3. The first kappa shape index (κ1) is 15.5. The van der Waals surface area contributed by atoms with Crippen molar-refractivity contribution in [2.75, 3.05) is 0 Å². The van der Waals surface area contributed by atoms with Gasteiger partial charge >= 0.3 is 6.18 Å². The number of rotatable bonds is 4. The predicted octanol–water partition coefficient (Wildman–Crippen LogP) is 3.12. The Balaban J connectivity index is 2.13. The average Bonchev–Trinajstić information content (AvgIpc) is 2.86. The van der Waals surface area contributed by atoms with Crippen molar-refractivity contribution in [1.82, 2.24) is 14.8 Å². The van der Waals surface area contributed by atoms with Gasteiger partial charge in [-0.05, 0) is 31.5 Å². The fourth-order valence-electron chi connectivity index (χ4n) is 2.09. The Hall–Kier alpha value is -1.89. The van der Waals surface area contributed by atoms with Gasteiger partial charge in [-0.3, -0.25) is 0 Å². The lowest BCUT2D eigenvalue weighted by atomic mass is 10.0. The summed E-state index contributed by atoms with van der Waals surface area (Å²) in [5, 5.41) is 4.11. The van der Waals surface area contributed by atoms with Crippen molar-refractivity contribution in [1.29, 1.82) is 0 Å². The second-order valence-electron chi connectivity index (χ2n) is 5.14. The highest BCUT2D eigenvalue weighted by Crippen LogP contribution is 2.30. The van der Waals surface area contributed by atoms with Gasteiger partial charge in [0.2, 0.25) is 0 Å². The fourth-order valence-corrected chi connectivity index (χ4v) is 2.09. The highest BCUT2D eigenvalue weighted by atomic mass is 19.4. The first-order chi connectivity index (χ1) is 9.79. The van der Waals surface area contributed by atoms with Crippen LogP contribution in [0.25, 0.3) is 0 Å². The van der Waals surface area contributed by atoms with Gasteiger partial charge in [0, 0.05) is 18.5 Å². The summed E-state index contributed by atoms with van der Waals surface area (Å²) >= 11 is 0. The second-order valence-corrected chi connectivity index (χ2v) is 5.14. The summed E-state index contributed by atoms with van der Waals surface area (Å²) in [5.74, 6) is 0.720. The number of halogens is 3. The summed E-state index contributed by atoms with van der Waals surface area (Å²) in [7, 11) is 0. The van der Waals surface area contributed by atoms with Crippen molar-refractivity contribution in [3.05, 3.63) is 47.5 Å². The van der Waals surface area contributed by atoms with Crippen LogP contribution in [0.1, 0.15) is 42.9 Å². The molecule has 114 valence electrons. The molecular formula is C14H17F3N4. The Morgan fingerprint density at radius 1 is 1.19 bits per heavy atom. The molecule has 0 aliphatic heterocycles. The lowest BCUT2D eigenvalue weighted by molar-refractivity contribution is -0.137. The highest BCUT2D eigenvalue weighted by molar-refractivity contribution is 5.27. The van der Waals surface area contributed by atoms with Gasteiger partial charge in [0.25, 0.3) is 0 Å². The molecule has 2 N–H and O–H groups in total. The average molecular weight is 298 g/mol. The van der Waals surface area contributed by atoms with Gasteiger partial charge in [-0.2, -0.15) is 18.3 Å². The van der Waals surface area contributed by atoms with Gasteiger partial charge in [0.05, 0.1) is 5.56 Å². The summed E-state index contributed by atoms with van der Waals surface area (Å²) in [6, 6.07) is 4.63. The van der Waals surface area contributed by atoms with E-state index in [9.17, 15) is 13.2 Å². The van der Waals surface area contributed by atoms with Crippen LogP contribution in [0.4, 0.5) is 13.2 Å². The summed E-state index contributed by atoms with van der Waals surface area (Å²) in [4.78, 5) is 4.15. The molecule has 1 unspecified atom stereocenters. The van der Waals surface area contributed by atoms with Crippen LogP contribution < -0.4 is 5.73 Å². The van der Waals surface area contributed by atoms with E-state index in [1.165, 1.54) is 18.5 Å². The van der Waals surface area contributed by atoms with E-state index in [4.69, 9.17) is 5.73 Å². The SMILES string of the molecule is CC(C)n1ncnc1CC(N)c1ccc(C(F)(F)F)cc1. The molecule has 1 aromatic heterocycles. The molecule has 1 aromatic carbocycles. The van der Waals surface area contributed by atoms with E-state index in [0.29, 0.717) is 12.0 Å². The van der Waals surface area contributed by atoms with Crippen molar-refractivity contribution >= 4 is 0 Å². The predicted molar refractivity (Wildman–Crippen MR) is 72.5 cm³/mol. The molecule has 0 fully saturated rings. The van der Waals surface area contributed by atoms with E-state index in [1.807, 2.05) is 13.8 Å². The highest BCUT2D eigenvalue weighted by Gasteiger charge is 2.30. The lowest BCUT2D eigenvalue weighted by Gasteiger charge is -2.15. The van der Waals surface area contributed by atoms with Gasteiger partial charge in [0.15, 0.2) is 0 Å². The Morgan fingerprint density at radius 2 is 1.81 bits per heavy atom. The molecule has 1 atom stereocenters. The molecule has 7 heteroatoms. The van der Waals surface area contributed by atoms with Gasteiger partial charge in [0.1, 0.15) is 12.2 Å². The van der Waals surface area contributed by atoms with Crippen molar-refractivity contribution in [2.45, 2.75) is 38.5 Å². The zero-order chi connectivity index (χ0) is 15.6. The minimum absolute atomic E-state index is 0.155. The molecule has 4 nitrogen and oxygen atoms in total. The van der Waals surface area contributed by atoms with Gasteiger partial charge in [-0.1, -0.05) is 12.1 Å². The minimum atomic E-state index is -4.33. The molecule has 0 saturated carbocycles. The van der Waals surface area contributed by atoms with E-state index < -0.39 is 17.8 Å². The zero-order valence-electron chi connectivity index (χ0n) is 11.8. The van der Waals surface area contributed by atoms with Gasteiger partial charge in [-0.25, -0.2) is 9.67 Å². The van der Waals surface area contributed by atoms with E-state index in [-0.39, 0.29) is 6.04 Å². The monoisotopic (exact) mass is 298 g/mol. The maximum Gasteiger partial charge on any atom is 0.416 e. The zero-order valence-corrected chi connectivity index (χ0v) is 11.8. The van der Waals surface area contributed by atoms with Crippen LogP contribution in [0, 0.1) is 0 Å². The smallest absolute Gasteiger partial charge is 0.324 e. The van der Waals surface area contributed by atoms with Crippen molar-refractivity contribution in [3.63, 3.8) is 0 Å². The number of alkyl halides is 3. The molecule has 2 rings (SSSR count). The van der Waals surface area contributed by atoms with Crippen LogP contribution in [0.3, 0.4) is 0 Å². The van der Waals surface area contributed by atoms with Gasteiger partial charge in [-0.15, -0.1) is 0 Å². The third-order valence-corrected chi connectivity index (χ3v) is 3.21. The summed E-state index contributed by atoms with van der Waals surface area (Å²) in [6.45, 7) is 3.95. The van der Waals surface area contributed by atoms with E-state index >= 15 is 0 Å². The van der Waals surface area contributed by atoms with Crippen LogP contribution in [-0.2, 0) is 12.6 Å². The molecule has 0 spiro atoms. The summed E-state index contributed by atoms with van der Waals surface area (Å²) in [6.07, 6.45) is -2.46. The van der Waals surface area contributed by atoms with Crippen molar-refractivity contribution < 1.29 is 13.2 Å². The molecule has 0 radical (unpaired) electrons. The van der Waals surface area contributed by atoms with Crippen LogP contribution in [0.2, 0.25) is 0 Å². The first-order valence-corrected chi connectivity index (χ1v) is 6.60. The van der Waals surface area contributed by atoms with Crippen LogP contribution in [0.15, 0.2) is 30.6 Å². The number of nitrogens with two attached hydrogens (primary N) is 1. The Morgan fingerprint density at radius 3 is 2.33 bits per heavy atom. The van der Waals surface area contributed by atoms with E-state index in [1.54, 1.807) is 4.68 Å². The number of hydrogen-bond acceptors (Lipinski definition) is 3. The number of aromatic nitrogens is 3. The maximum atomic E-state index is 12.5. The van der Waals surface area contributed by atoms with E-state index in [2.05, 4.69) is 10.1 Å². The summed E-state index contributed by atoms with van der Waals surface area (Å²) < 4.78 is 39.3. The Kier molecular flexibility index (Phi) is 4.32. The normalized spacial score (nSPS) is 13.7. The Labute approximate surface area is 120 Å². The third-order valence-electron chi connectivity index (χ3n) is 3.21. The second kappa shape index (κ2) is 5.85. The minimum Gasteiger partial charge on any atom is -0.324 e. The van der Waals surface area contributed by atoms with Crippen LogP contribution >= 0.6 is 0 Å². The molecular weight excluding hydrogens is 281 g/mol. The number of benzene rings is 1. The third kappa shape index (κ3) is 3.60.